The number of hydrogen-bond donors (Lipinski definition) is 1. The third-order valence-corrected chi connectivity index (χ3v) is 3.51. The summed E-state index contributed by atoms with van der Waals surface area (Å²) in [6.07, 6.45) is 3.93. The standard InChI is InChI=1S/C14H24N2O3/c1-4-7-15(8-5-2)14(19)16-9-6-11(3)10-12(16)13(17)18/h4,11-12H,1,5-10H2,2-3H3,(H,17,18). The zero-order valence-electron chi connectivity index (χ0n) is 11.8. The average molecular weight is 268 g/mol. The summed E-state index contributed by atoms with van der Waals surface area (Å²) in [5, 5.41) is 9.28. The summed E-state index contributed by atoms with van der Waals surface area (Å²) in [6, 6.07) is -0.874. The van der Waals surface area contributed by atoms with E-state index in [-0.39, 0.29) is 6.03 Å². The molecule has 2 unspecified atom stereocenters. The number of carbonyl (C=O) groups is 2. The van der Waals surface area contributed by atoms with E-state index in [9.17, 15) is 14.7 Å². The summed E-state index contributed by atoms with van der Waals surface area (Å²) in [5.41, 5.74) is 0. The molecule has 19 heavy (non-hydrogen) atoms. The van der Waals surface area contributed by atoms with Gasteiger partial charge in [-0.2, -0.15) is 0 Å². The Labute approximate surface area is 114 Å². The van der Waals surface area contributed by atoms with Gasteiger partial charge in [-0.25, -0.2) is 9.59 Å². The summed E-state index contributed by atoms with van der Waals surface area (Å²) in [4.78, 5) is 26.9. The quantitative estimate of drug-likeness (QED) is 0.777. The number of rotatable bonds is 5. The van der Waals surface area contributed by atoms with Gasteiger partial charge in [0.05, 0.1) is 0 Å². The molecule has 2 amide bonds. The lowest BCUT2D eigenvalue weighted by atomic mass is 9.92. The van der Waals surface area contributed by atoms with Gasteiger partial charge < -0.3 is 14.9 Å². The number of hydrogen-bond acceptors (Lipinski definition) is 2. The zero-order chi connectivity index (χ0) is 14.4. The van der Waals surface area contributed by atoms with Crippen LogP contribution in [0.25, 0.3) is 0 Å². The van der Waals surface area contributed by atoms with Crippen molar-refractivity contribution in [3.05, 3.63) is 12.7 Å². The van der Waals surface area contributed by atoms with E-state index in [1.807, 2.05) is 13.8 Å². The second-order valence-electron chi connectivity index (χ2n) is 5.19. The Morgan fingerprint density at radius 1 is 1.53 bits per heavy atom. The Kier molecular flexibility index (Phi) is 5.86. The van der Waals surface area contributed by atoms with E-state index in [1.54, 1.807) is 11.0 Å². The molecule has 5 nitrogen and oxygen atoms in total. The third-order valence-electron chi connectivity index (χ3n) is 3.51. The molecule has 108 valence electrons. The third kappa shape index (κ3) is 3.98. The molecule has 1 aliphatic rings. The van der Waals surface area contributed by atoms with Gasteiger partial charge in [0.15, 0.2) is 0 Å². The summed E-state index contributed by atoms with van der Waals surface area (Å²) < 4.78 is 0. The largest absolute Gasteiger partial charge is 0.480 e. The number of piperidine rings is 1. The lowest BCUT2D eigenvalue weighted by Gasteiger charge is -2.38. The maximum absolute atomic E-state index is 12.4. The number of aliphatic carboxylic acids is 1. The van der Waals surface area contributed by atoms with Gasteiger partial charge in [0.1, 0.15) is 6.04 Å². The van der Waals surface area contributed by atoms with Crippen LogP contribution < -0.4 is 0 Å². The summed E-state index contributed by atoms with van der Waals surface area (Å²) in [7, 11) is 0. The van der Waals surface area contributed by atoms with Crippen LogP contribution in [-0.2, 0) is 4.79 Å². The van der Waals surface area contributed by atoms with Crippen molar-refractivity contribution in [3.63, 3.8) is 0 Å². The molecule has 1 fully saturated rings. The van der Waals surface area contributed by atoms with Crippen LogP contribution in [-0.4, -0.2) is 52.6 Å². The molecular weight excluding hydrogens is 244 g/mol. The fourth-order valence-electron chi connectivity index (χ4n) is 2.48. The Hall–Kier alpha value is -1.52. The molecule has 0 aromatic carbocycles. The van der Waals surface area contributed by atoms with Crippen molar-refractivity contribution >= 4 is 12.0 Å². The highest BCUT2D eigenvalue weighted by Crippen LogP contribution is 2.24. The Balaban J connectivity index is 2.81. The molecule has 0 aromatic heterocycles. The van der Waals surface area contributed by atoms with Crippen LogP contribution in [0.4, 0.5) is 4.79 Å². The minimum absolute atomic E-state index is 0.180. The van der Waals surface area contributed by atoms with Crippen LogP contribution in [0.2, 0.25) is 0 Å². The van der Waals surface area contributed by atoms with E-state index < -0.39 is 12.0 Å². The van der Waals surface area contributed by atoms with E-state index in [2.05, 4.69) is 6.58 Å². The van der Waals surface area contributed by atoms with Gasteiger partial charge in [-0.05, 0) is 25.2 Å². The van der Waals surface area contributed by atoms with Gasteiger partial charge in [0.25, 0.3) is 0 Å². The Bertz CT molecular complexity index is 344. The lowest BCUT2D eigenvalue weighted by molar-refractivity contribution is -0.144. The highest BCUT2D eigenvalue weighted by molar-refractivity contribution is 5.83. The molecular formula is C14H24N2O3. The normalized spacial score (nSPS) is 22.9. The van der Waals surface area contributed by atoms with E-state index in [4.69, 9.17) is 0 Å². The topological polar surface area (TPSA) is 60.9 Å². The molecule has 1 rings (SSSR count). The van der Waals surface area contributed by atoms with Gasteiger partial charge in [0.2, 0.25) is 0 Å². The summed E-state index contributed by atoms with van der Waals surface area (Å²) >= 11 is 0. The second-order valence-corrected chi connectivity index (χ2v) is 5.19. The van der Waals surface area contributed by atoms with Gasteiger partial charge >= 0.3 is 12.0 Å². The molecule has 0 aliphatic carbocycles. The summed E-state index contributed by atoms with van der Waals surface area (Å²) in [6.45, 7) is 9.29. The van der Waals surface area contributed by atoms with Crippen LogP contribution in [0.5, 0.6) is 0 Å². The Morgan fingerprint density at radius 3 is 2.74 bits per heavy atom. The van der Waals surface area contributed by atoms with Crippen molar-refractivity contribution < 1.29 is 14.7 Å². The van der Waals surface area contributed by atoms with Crippen molar-refractivity contribution in [2.24, 2.45) is 5.92 Å². The van der Waals surface area contributed by atoms with E-state index in [0.717, 1.165) is 12.8 Å². The zero-order valence-corrected chi connectivity index (χ0v) is 11.8. The van der Waals surface area contributed by atoms with Crippen molar-refractivity contribution in [1.29, 1.82) is 0 Å². The lowest BCUT2D eigenvalue weighted by Crippen LogP contribution is -2.54. The van der Waals surface area contributed by atoms with Crippen molar-refractivity contribution in [2.45, 2.75) is 39.2 Å². The van der Waals surface area contributed by atoms with Gasteiger partial charge in [-0.1, -0.05) is 19.9 Å². The van der Waals surface area contributed by atoms with E-state index >= 15 is 0 Å². The number of carboxylic acids is 1. The van der Waals surface area contributed by atoms with Crippen LogP contribution in [0.3, 0.4) is 0 Å². The summed E-state index contributed by atoms with van der Waals surface area (Å²) in [5.74, 6) is -0.556. The molecule has 2 atom stereocenters. The van der Waals surface area contributed by atoms with Crippen LogP contribution in [0, 0.1) is 5.92 Å². The maximum Gasteiger partial charge on any atom is 0.326 e. The fourth-order valence-corrected chi connectivity index (χ4v) is 2.48. The second kappa shape index (κ2) is 7.16. The monoisotopic (exact) mass is 268 g/mol. The van der Waals surface area contributed by atoms with E-state index in [1.165, 1.54) is 4.90 Å². The predicted molar refractivity (Wildman–Crippen MR) is 74.0 cm³/mol. The SMILES string of the molecule is C=CCN(CCC)C(=O)N1CCC(C)CC1C(=O)O. The minimum atomic E-state index is -0.907. The first kappa shape index (κ1) is 15.5. The van der Waals surface area contributed by atoms with Crippen LogP contribution in [0.15, 0.2) is 12.7 Å². The van der Waals surface area contributed by atoms with Crippen molar-refractivity contribution in [1.82, 2.24) is 9.80 Å². The van der Waals surface area contributed by atoms with Crippen LogP contribution >= 0.6 is 0 Å². The Morgan fingerprint density at radius 2 is 2.21 bits per heavy atom. The molecule has 0 bridgehead atoms. The highest BCUT2D eigenvalue weighted by atomic mass is 16.4. The molecule has 1 heterocycles. The van der Waals surface area contributed by atoms with Crippen molar-refractivity contribution in [3.8, 4) is 0 Å². The minimum Gasteiger partial charge on any atom is -0.480 e. The highest BCUT2D eigenvalue weighted by Gasteiger charge is 2.36. The molecule has 1 saturated heterocycles. The van der Waals surface area contributed by atoms with Gasteiger partial charge in [0, 0.05) is 19.6 Å². The molecule has 5 heteroatoms. The van der Waals surface area contributed by atoms with Crippen molar-refractivity contribution in [2.75, 3.05) is 19.6 Å². The number of carboxylic acid groups (broad SMARTS) is 1. The molecule has 0 saturated carbocycles. The number of urea groups is 1. The predicted octanol–water partition coefficient (Wildman–Crippen LogP) is 2.19. The number of amides is 2. The molecule has 0 aromatic rings. The first-order valence-electron chi connectivity index (χ1n) is 6.90. The number of likely N-dealkylation sites (tertiary alicyclic amines) is 1. The smallest absolute Gasteiger partial charge is 0.326 e. The maximum atomic E-state index is 12.4. The molecule has 0 spiro atoms. The molecule has 1 aliphatic heterocycles. The number of nitrogens with zero attached hydrogens (tertiary/aromatic N) is 2. The molecule has 1 N–H and O–H groups in total. The fraction of sp³-hybridized carbons (Fsp3) is 0.714. The van der Waals surface area contributed by atoms with Gasteiger partial charge in [-0.15, -0.1) is 6.58 Å². The first-order chi connectivity index (χ1) is 9.01. The van der Waals surface area contributed by atoms with Crippen LogP contribution in [0.1, 0.15) is 33.1 Å². The molecule has 0 radical (unpaired) electrons. The first-order valence-corrected chi connectivity index (χ1v) is 6.90. The van der Waals surface area contributed by atoms with Gasteiger partial charge in [-0.3, -0.25) is 0 Å². The number of carbonyl (C=O) groups excluding carboxylic acids is 1. The average Bonchev–Trinajstić information content (AvgIpc) is 2.37. The van der Waals surface area contributed by atoms with E-state index in [0.29, 0.717) is 32.0 Å².